The number of anilines is 1. The predicted molar refractivity (Wildman–Crippen MR) is 99.4 cm³/mol. The summed E-state index contributed by atoms with van der Waals surface area (Å²) in [5.41, 5.74) is 0.519. The highest BCUT2D eigenvalue weighted by molar-refractivity contribution is 5.94. The highest BCUT2D eigenvalue weighted by Crippen LogP contribution is 2.26. The van der Waals surface area contributed by atoms with Crippen LogP contribution in [0.25, 0.3) is 0 Å². The van der Waals surface area contributed by atoms with Gasteiger partial charge in [0, 0.05) is 30.7 Å². The standard InChI is InChI=1S/C19H28N4O2/c1-4-10-20-18(24)15-8-9-17(21-12-15)23-16-7-5-6-14(11-16)19(25)22-13(2)3/h4,8-9,12-14,16H,1,5-7,10-11H2,2-3H3,(H,20,24)(H,21,23)(H,22,25). The van der Waals surface area contributed by atoms with Gasteiger partial charge in [0.2, 0.25) is 5.91 Å². The zero-order valence-corrected chi connectivity index (χ0v) is 15.0. The predicted octanol–water partition coefficient (Wildman–Crippen LogP) is 2.49. The van der Waals surface area contributed by atoms with Gasteiger partial charge in [-0.25, -0.2) is 4.98 Å². The summed E-state index contributed by atoms with van der Waals surface area (Å²) in [5, 5.41) is 9.11. The van der Waals surface area contributed by atoms with Crippen LogP contribution in [0, 0.1) is 5.92 Å². The summed E-state index contributed by atoms with van der Waals surface area (Å²) >= 11 is 0. The topological polar surface area (TPSA) is 83.1 Å². The number of nitrogens with one attached hydrogen (secondary N) is 3. The first-order chi connectivity index (χ1) is 12.0. The van der Waals surface area contributed by atoms with E-state index in [1.807, 2.05) is 13.8 Å². The highest BCUT2D eigenvalue weighted by Gasteiger charge is 2.27. The van der Waals surface area contributed by atoms with E-state index in [0.717, 1.165) is 31.5 Å². The van der Waals surface area contributed by atoms with Crippen molar-refractivity contribution in [3.63, 3.8) is 0 Å². The van der Waals surface area contributed by atoms with Crippen molar-refractivity contribution in [2.45, 2.75) is 51.6 Å². The van der Waals surface area contributed by atoms with Gasteiger partial charge in [-0.1, -0.05) is 12.5 Å². The van der Waals surface area contributed by atoms with E-state index in [-0.39, 0.29) is 29.8 Å². The van der Waals surface area contributed by atoms with Gasteiger partial charge in [-0.05, 0) is 45.2 Å². The second-order valence-corrected chi connectivity index (χ2v) is 6.80. The Bertz CT molecular complexity index is 598. The van der Waals surface area contributed by atoms with E-state index in [1.54, 1.807) is 24.4 Å². The van der Waals surface area contributed by atoms with Crippen molar-refractivity contribution < 1.29 is 9.59 Å². The molecule has 136 valence electrons. The van der Waals surface area contributed by atoms with Crippen LogP contribution in [0.2, 0.25) is 0 Å². The summed E-state index contributed by atoms with van der Waals surface area (Å²) in [4.78, 5) is 28.4. The Morgan fingerprint density at radius 3 is 2.80 bits per heavy atom. The van der Waals surface area contributed by atoms with Crippen LogP contribution in [0.5, 0.6) is 0 Å². The molecule has 3 N–H and O–H groups in total. The average molecular weight is 344 g/mol. The first-order valence-corrected chi connectivity index (χ1v) is 8.91. The fourth-order valence-electron chi connectivity index (χ4n) is 3.05. The van der Waals surface area contributed by atoms with Crippen LogP contribution in [0.1, 0.15) is 49.9 Å². The second kappa shape index (κ2) is 9.20. The lowest BCUT2D eigenvalue weighted by Crippen LogP contribution is -2.40. The molecule has 0 spiro atoms. The van der Waals surface area contributed by atoms with Gasteiger partial charge in [0.15, 0.2) is 0 Å². The summed E-state index contributed by atoms with van der Waals surface area (Å²) in [6, 6.07) is 3.95. The van der Waals surface area contributed by atoms with Gasteiger partial charge in [0.25, 0.3) is 5.91 Å². The molecule has 0 saturated heterocycles. The van der Waals surface area contributed by atoms with E-state index in [0.29, 0.717) is 12.1 Å². The van der Waals surface area contributed by atoms with E-state index in [1.165, 1.54) is 0 Å². The molecule has 25 heavy (non-hydrogen) atoms. The van der Waals surface area contributed by atoms with Crippen LogP contribution in [-0.4, -0.2) is 35.4 Å². The Hall–Kier alpha value is -2.37. The van der Waals surface area contributed by atoms with Crippen molar-refractivity contribution in [1.82, 2.24) is 15.6 Å². The van der Waals surface area contributed by atoms with Gasteiger partial charge < -0.3 is 16.0 Å². The van der Waals surface area contributed by atoms with Crippen LogP contribution in [0.4, 0.5) is 5.82 Å². The van der Waals surface area contributed by atoms with Gasteiger partial charge in [-0.15, -0.1) is 6.58 Å². The van der Waals surface area contributed by atoms with Crippen molar-refractivity contribution in [3.05, 3.63) is 36.5 Å². The highest BCUT2D eigenvalue weighted by atomic mass is 16.2. The number of carbonyl (C=O) groups excluding carboxylic acids is 2. The number of carbonyl (C=O) groups is 2. The lowest BCUT2D eigenvalue weighted by atomic mass is 9.85. The van der Waals surface area contributed by atoms with Gasteiger partial charge in [-0.3, -0.25) is 9.59 Å². The molecule has 1 fully saturated rings. The Balaban J connectivity index is 1.89. The molecule has 1 saturated carbocycles. The normalized spacial score (nSPS) is 20.0. The minimum atomic E-state index is -0.165. The Kier molecular flexibility index (Phi) is 6.98. The number of nitrogens with zero attached hydrogens (tertiary/aromatic N) is 1. The maximum atomic E-state index is 12.2. The zero-order chi connectivity index (χ0) is 18.2. The molecule has 1 aliphatic carbocycles. The molecule has 1 aromatic rings. The fraction of sp³-hybridized carbons (Fsp3) is 0.526. The Labute approximate surface area is 149 Å². The van der Waals surface area contributed by atoms with Crippen molar-refractivity contribution in [2.75, 3.05) is 11.9 Å². The van der Waals surface area contributed by atoms with Gasteiger partial charge in [-0.2, -0.15) is 0 Å². The minimum absolute atomic E-state index is 0.0533. The van der Waals surface area contributed by atoms with Gasteiger partial charge in [0.1, 0.15) is 5.82 Å². The Morgan fingerprint density at radius 2 is 2.16 bits per heavy atom. The number of hydrogen-bond acceptors (Lipinski definition) is 4. The first kappa shape index (κ1) is 19.0. The zero-order valence-electron chi connectivity index (χ0n) is 15.0. The third-order valence-electron chi connectivity index (χ3n) is 4.26. The van der Waals surface area contributed by atoms with Crippen molar-refractivity contribution >= 4 is 17.6 Å². The molecule has 2 atom stereocenters. The Morgan fingerprint density at radius 1 is 1.36 bits per heavy atom. The van der Waals surface area contributed by atoms with Crippen LogP contribution < -0.4 is 16.0 Å². The molecular formula is C19H28N4O2. The largest absolute Gasteiger partial charge is 0.367 e. The van der Waals surface area contributed by atoms with Crippen LogP contribution in [-0.2, 0) is 4.79 Å². The smallest absolute Gasteiger partial charge is 0.253 e. The monoisotopic (exact) mass is 344 g/mol. The number of amides is 2. The minimum Gasteiger partial charge on any atom is -0.367 e. The summed E-state index contributed by atoms with van der Waals surface area (Å²) in [6.07, 6.45) is 6.99. The maximum Gasteiger partial charge on any atom is 0.253 e. The molecule has 6 nitrogen and oxygen atoms in total. The molecular weight excluding hydrogens is 316 g/mol. The summed E-state index contributed by atoms with van der Waals surface area (Å²) < 4.78 is 0. The van der Waals surface area contributed by atoms with E-state index in [2.05, 4.69) is 27.5 Å². The maximum absolute atomic E-state index is 12.2. The molecule has 6 heteroatoms. The number of aromatic nitrogens is 1. The molecule has 0 aromatic carbocycles. The quantitative estimate of drug-likeness (QED) is 0.664. The lowest BCUT2D eigenvalue weighted by Gasteiger charge is -2.29. The van der Waals surface area contributed by atoms with Gasteiger partial charge >= 0.3 is 0 Å². The molecule has 2 rings (SSSR count). The summed E-state index contributed by atoms with van der Waals surface area (Å²) in [7, 11) is 0. The van der Waals surface area contributed by atoms with Gasteiger partial charge in [0.05, 0.1) is 5.56 Å². The van der Waals surface area contributed by atoms with Crippen molar-refractivity contribution in [1.29, 1.82) is 0 Å². The van der Waals surface area contributed by atoms with E-state index in [9.17, 15) is 9.59 Å². The van der Waals surface area contributed by atoms with Crippen LogP contribution >= 0.6 is 0 Å². The number of hydrogen-bond donors (Lipinski definition) is 3. The van der Waals surface area contributed by atoms with E-state index in [4.69, 9.17) is 0 Å². The van der Waals surface area contributed by atoms with Crippen LogP contribution in [0.15, 0.2) is 31.0 Å². The molecule has 2 amide bonds. The van der Waals surface area contributed by atoms with Crippen molar-refractivity contribution in [3.8, 4) is 0 Å². The third kappa shape index (κ3) is 5.89. The van der Waals surface area contributed by atoms with Crippen molar-refractivity contribution in [2.24, 2.45) is 5.92 Å². The third-order valence-corrected chi connectivity index (χ3v) is 4.26. The molecule has 1 aliphatic rings. The lowest BCUT2D eigenvalue weighted by molar-refractivity contribution is -0.126. The first-order valence-electron chi connectivity index (χ1n) is 8.91. The second-order valence-electron chi connectivity index (χ2n) is 6.80. The average Bonchev–Trinajstić information content (AvgIpc) is 2.60. The molecule has 1 heterocycles. The molecule has 1 aromatic heterocycles. The molecule has 0 bridgehead atoms. The SMILES string of the molecule is C=CCNC(=O)c1ccc(NC2CCCC(C(=O)NC(C)C)C2)nc1. The summed E-state index contributed by atoms with van der Waals surface area (Å²) in [5.74, 6) is 0.763. The number of pyridine rings is 1. The van der Waals surface area contributed by atoms with E-state index >= 15 is 0 Å². The van der Waals surface area contributed by atoms with E-state index < -0.39 is 0 Å². The fourth-order valence-corrected chi connectivity index (χ4v) is 3.05. The molecule has 0 aliphatic heterocycles. The molecule has 2 unspecified atom stereocenters. The molecule has 0 radical (unpaired) electrons. The number of rotatable bonds is 7. The summed E-state index contributed by atoms with van der Waals surface area (Å²) in [6.45, 7) is 7.96. The van der Waals surface area contributed by atoms with Crippen LogP contribution in [0.3, 0.4) is 0 Å².